The lowest BCUT2D eigenvalue weighted by Crippen LogP contribution is -2.16. The number of hydrogen-bond donors (Lipinski definition) is 1. The molecule has 1 rings (SSSR count). The number of benzene rings is 1. The van der Waals surface area contributed by atoms with E-state index in [0.717, 1.165) is 12.8 Å². The summed E-state index contributed by atoms with van der Waals surface area (Å²) in [6, 6.07) is 6.14. The van der Waals surface area contributed by atoms with Gasteiger partial charge < -0.3 is 0 Å². The second kappa shape index (κ2) is 18.5. The number of nitro benzene ring substituents is 1. The monoisotopic (exact) mass is 431 g/mol. The van der Waals surface area contributed by atoms with Gasteiger partial charge in [0.1, 0.15) is 0 Å². The normalized spacial score (nSPS) is 11.1. The molecule has 0 bridgehead atoms. The summed E-state index contributed by atoms with van der Waals surface area (Å²) < 4.78 is 0. The third kappa shape index (κ3) is 15.2. The highest BCUT2D eigenvalue weighted by Crippen LogP contribution is 2.14. The molecule has 0 saturated heterocycles. The molecule has 0 atom stereocenters. The number of carbonyl (C=O) groups is 1. The van der Waals surface area contributed by atoms with Gasteiger partial charge in [0.05, 0.1) is 11.1 Å². The molecule has 0 unspecified atom stereocenters. The van der Waals surface area contributed by atoms with E-state index in [-0.39, 0.29) is 11.6 Å². The fourth-order valence-electron chi connectivity index (χ4n) is 3.61. The first-order valence-corrected chi connectivity index (χ1v) is 12.2. The minimum atomic E-state index is -0.452. The second-order valence-corrected chi connectivity index (χ2v) is 8.35. The third-order valence-electron chi connectivity index (χ3n) is 5.49. The van der Waals surface area contributed by atoms with Crippen LogP contribution >= 0.6 is 0 Å². The van der Waals surface area contributed by atoms with Crippen molar-refractivity contribution in [1.29, 1.82) is 0 Å². The minimum Gasteiger partial charge on any atom is -0.273 e. The van der Waals surface area contributed by atoms with Gasteiger partial charge in [-0.05, 0) is 6.42 Å². The number of hydrazone groups is 1. The number of hydrogen-bond acceptors (Lipinski definition) is 4. The van der Waals surface area contributed by atoms with Gasteiger partial charge in [0.15, 0.2) is 0 Å². The summed E-state index contributed by atoms with van der Waals surface area (Å²) in [7, 11) is 0. The summed E-state index contributed by atoms with van der Waals surface area (Å²) in [5.41, 5.74) is 3.08. The number of rotatable bonds is 19. The zero-order valence-corrected chi connectivity index (χ0v) is 19.3. The van der Waals surface area contributed by atoms with Gasteiger partial charge in [-0.25, -0.2) is 5.43 Å². The Morgan fingerprint density at radius 2 is 1.42 bits per heavy atom. The van der Waals surface area contributed by atoms with Crippen LogP contribution in [0.5, 0.6) is 0 Å². The molecule has 0 spiro atoms. The van der Waals surface area contributed by atoms with Crippen molar-refractivity contribution < 1.29 is 9.72 Å². The van der Waals surface area contributed by atoms with Crippen molar-refractivity contribution in [3.05, 3.63) is 39.9 Å². The molecule has 1 amide bonds. The van der Waals surface area contributed by atoms with Crippen molar-refractivity contribution in [2.24, 2.45) is 5.10 Å². The van der Waals surface area contributed by atoms with Crippen molar-refractivity contribution >= 4 is 17.8 Å². The van der Waals surface area contributed by atoms with Crippen LogP contribution in [0.2, 0.25) is 0 Å². The van der Waals surface area contributed by atoms with Crippen molar-refractivity contribution in [3.8, 4) is 0 Å². The summed E-state index contributed by atoms with van der Waals surface area (Å²) in [4.78, 5) is 22.1. The van der Waals surface area contributed by atoms with Gasteiger partial charge in [-0.15, -0.1) is 0 Å². The van der Waals surface area contributed by atoms with Crippen LogP contribution in [-0.4, -0.2) is 17.0 Å². The molecular weight excluding hydrogens is 390 g/mol. The van der Waals surface area contributed by atoms with Crippen LogP contribution in [0, 0.1) is 10.1 Å². The number of amides is 1. The lowest BCUT2D eigenvalue weighted by Gasteiger charge is -2.03. The average molecular weight is 432 g/mol. The zero-order valence-electron chi connectivity index (χ0n) is 19.3. The quantitative estimate of drug-likeness (QED) is 0.108. The predicted molar refractivity (Wildman–Crippen MR) is 128 cm³/mol. The topological polar surface area (TPSA) is 84.6 Å². The second-order valence-electron chi connectivity index (χ2n) is 8.35. The number of nitrogens with one attached hydrogen (secondary N) is 1. The van der Waals surface area contributed by atoms with Gasteiger partial charge in [-0.3, -0.25) is 14.9 Å². The molecule has 0 aliphatic rings. The molecule has 0 fully saturated rings. The smallest absolute Gasteiger partial charge is 0.270 e. The third-order valence-corrected chi connectivity index (χ3v) is 5.49. The molecule has 0 radical (unpaired) electrons. The average Bonchev–Trinajstić information content (AvgIpc) is 2.76. The van der Waals surface area contributed by atoms with Gasteiger partial charge in [0.25, 0.3) is 5.69 Å². The number of nitro groups is 1. The summed E-state index contributed by atoms with van der Waals surface area (Å²) >= 11 is 0. The highest BCUT2D eigenvalue weighted by atomic mass is 16.6. The van der Waals surface area contributed by atoms with Crippen LogP contribution in [0.1, 0.15) is 115 Å². The molecule has 1 N–H and O–H groups in total. The van der Waals surface area contributed by atoms with Gasteiger partial charge in [0, 0.05) is 24.1 Å². The number of nitrogens with zero attached hydrogens (tertiary/aromatic N) is 2. The first-order valence-electron chi connectivity index (χ1n) is 12.2. The Labute approximate surface area is 188 Å². The Hall–Kier alpha value is -2.24. The molecule has 0 heterocycles. The van der Waals surface area contributed by atoms with Crippen molar-refractivity contribution in [2.45, 2.75) is 110 Å². The highest BCUT2D eigenvalue weighted by molar-refractivity contribution is 5.83. The fraction of sp³-hybridized carbons (Fsp3) is 0.680. The lowest BCUT2D eigenvalue weighted by atomic mass is 10.0. The standard InChI is InChI=1S/C25H41N3O3/c1-2-3-4-5-6-7-8-9-10-11-12-13-14-15-16-20-25(29)27-26-22-23-18-17-19-24(21-23)28(30)31/h17-19,21-22H,2-16,20H2,1H3,(H,27,29). The molecule has 0 saturated carbocycles. The summed E-state index contributed by atoms with van der Waals surface area (Å²) in [6.07, 6.45) is 21.4. The Morgan fingerprint density at radius 1 is 0.903 bits per heavy atom. The highest BCUT2D eigenvalue weighted by Gasteiger charge is 2.04. The minimum absolute atomic E-state index is 0.00748. The Bertz CT molecular complexity index is 647. The van der Waals surface area contributed by atoms with Gasteiger partial charge >= 0.3 is 0 Å². The molecule has 0 aromatic heterocycles. The molecule has 6 heteroatoms. The maximum absolute atomic E-state index is 11.8. The molecule has 174 valence electrons. The molecule has 0 aliphatic carbocycles. The maximum atomic E-state index is 11.8. The van der Waals surface area contributed by atoms with E-state index in [0.29, 0.717) is 12.0 Å². The molecule has 0 aliphatic heterocycles. The van der Waals surface area contributed by atoms with E-state index in [1.807, 2.05) is 0 Å². The largest absolute Gasteiger partial charge is 0.273 e. The SMILES string of the molecule is CCCCCCCCCCCCCCCCCC(=O)NN=Cc1cccc([N+](=O)[O-])c1. The Balaban J connectivity index is 1.91. The van der Waals surface area contributed by atoms with E-state index >= 15 is 0 Å². The molecule has 1 aromatic carbocycles. The number of unbranched alkanes of at least 4 members (excludes halogenated alkanes) is 14. The summed E-state index contributed by atoms with van der Waals surface area (Å²) in [6.45, 7) is 2.26. The van der Waals surface area contributed by atoms with E-state index in [2.05, 4.69) is 17.5 Å². The fourth-order valence-corrected chi connectivity index (χ4v) is 3.61. The molecule has 31 heavy (non-hydrogen) atoms. The maximum Gasteiger partial charge on any atom is 0.270 e. The molecular formula is C25H41N3O3. The first kappa shape index (κ1) is 26.8. The molecule has 6 nitrogen and oxygen atoms in total. The number of carbonyl (C=O) groups excluding carboxylic acids is 1. The lowest BCUT2D eigenvalue weighted by molar-refractivity contribution is -0.384. The van der Waals surface area contributed by atoms with Crippen molar-refractivity contribution in [1.82, 2.24) is 5.43 Å². The molecule has 1 aromatic rings. The van der Waals surface area contributed by atoms with E-state index in [4.69, 9.17) is 0 Å². The van der Waals surface area contributed by atoms with E-state index < -0.39 is 4.92 Å². The van der Waals surface area contributed by atoms with Gasteiger partial charge in [-0.2, -0.15) is 5.10 Å². The van der Waals surface area contributed by atoms with Gasteiger partial charge in [0.2, 0.25) is 5.91 Å². The van der Waals surface area contributed by atoms with E-state index in [9.17, 15) is 14.9 Å². The first-order chi connectivity index (χ1) is 15.1. The van der Waals surface area contributed by atoms with Gasteiger partial charge in [-0.1, -0.05) is 109 Å². The summed E-state index contributed by atoms with van der Waals surface area (Å²) in [5, 5.41) is 14.6. The van der Waals surface area contributed by atoms with Crippen LogP contribution in [0.15, 0.2) is 29.4 Å². The summed E-state index contributed by atoms with van der Waals surface area (Å²) in [5.74, 6) is -0.114. The van der Waals surface area contributed by atoms with Crippen LogP contribution in [0.3, 0.4) is 0 Å². The Kier molecular flexibility index (Phi) is 16.0. The van der Waals surface area contributed by atoms with Crippen LogP contribution < -0.4 is 5.43 Å². The zero-order chi connectivity index (χ0) is 22.6. The Morgan fingerprint density at radius 3 is 1.94 bits per heavy atom. The predicted octanol–water partition coefficient (Wildman–Crippen LogP) is 7.31. The van der Waals surface area contributed by atoms with E-state index in [1.54, 1.807) is 12.1 Å². The van der Waals surface area contributed by atoms with Crippen LogP contribution in [0.4, 0.5) is 5.69 Å². The van der Waals surface area contributed by atoms with Crippen LogP contribution in [-0.2, 0) is 4.79 Å². The van der Waals surface area contributed by atoms with Crippen molar-refractivity contribution in [3.63, 3.8) is 0 Å². The van der Waals surface area contributed by atoms with Crippen LogP contribution in [0.25, 0.3) is 0 Å². The number of non-ortho nitro benzene ring substituents is 1. The van der Waals surface area contributed by atoms with Crippen molar-refractivity contribution in [2.75, 3.05) is 0 Å². The van der Waals surface area contributed by atoms with E-state index in [1.165, 1.54) is 102 Å².